The van der Waals surface area contributed by atoms with Crippen molar-refractivity contribution in [2.45, 2.75) is 13.8 Å². The highest BCUT2D eigenvalue weighted by molar-refractivity contribution is 9.11. The van der Waals surface area contributed by atoms with Gasteiger partial charge < -0.3 is 10.1 Å². The Morgan fingerprint density at radius 2 is 1.73 bits per heavy atom. The van der Waals surface area contributed by atoms with Gasteiger partial charge in [0, 0.05) is 19.5 Å². The fourth-order valence-corrected chi connectivity index (χ4v) is 6.34. The van der Waals surface area contributed by atoms with Crippen LogP contribution in [0.1, 0.15) is 11.1 Å². The molecule has 10 heteroatoms. The number of hydrogen-bond donors (Lipinski definition) is 1. The van der Waals surface area contributed by atoms with Gasteiger partial charge in [0.1, 0.15) is 5.01 Å². The van der Waals surface area contributed by atoms with Gasteiger partial charge in [-0.2, -0.15) is 0 Å². The molecule has 0 radical (unpaired) electrons. The van der Waals surface area contributed by atoms with Crippen molar-refractivity contribution in [3.63, 3.8) is 0 Å². The lowest BCUT2D eigenvalue weighted by Gasteiger charge is -2.16. The molecule has 0 aliphatic rings. The van der Waals surface area contributed by atoms with E-state index in [1.54, 1.807) is 25.2 Å². The number of nitrogens with zero attached hydrogens (tertiary/aromatic N) is 1. The zero-order valence-electron chi connectivity index (χ0n) is 17.2. The van der Waals surface area contributed by atoms with Crippen molar-refractivity contribution in [1.82, 2.24) is 4.98 Å². The highest BCUT2D eigenvalue weighted by atomic mass is 79.9. The molecular formula is C23H15Br2Cl3N2O2S. The number of anilines is 1. The fourth-order valence-electron chi connectivity index (χ4n) is 3.21. The molecule has 1 N–H and O–H groups in total. The summed E-state index contributed by atoms with van der Waals surface area (Å²) in [6, 6.07) is 11.7. The van der Waals surface area contributed by atoms with E-state index in [-0.39, 0.29) is 28.3 Å². The molecule has 0 atom stereocenters. The minimum Gasteiger partial charge on any atom is -0.481 e. The summed E-state index contributed by atoms with van der Waals surface area (Å²) in [5, 5.41) is 4.74. The number of halogens is 5. The average molecular weight is 650 g/mol. The summed E-state index contributed by atoms with van der Waals surface area (Å²) in [5.41, 5.74) is 3.55. The summed E-state index contributed by atoms with van der Waals surface area (Å²) in [6.45, 7) is 3.25. The summed E-state index contributed by atoms with van der Waals surface area (Å²) < 4.78 is 8.31. The highest BCUT2D eigenvalue weighted by Gasteiger charge is 2.20. The first kappa shape index (κ1) is 24.8. The van der Waals surface area contributed by atoms with Crippen LogP contribution in [-0.2, 0) is 4.79 Å². The van der Waals surface area contributed by atoms with E-state index in [0.717, 1.165) is 25.3 Å². The van der Waals surface area contributed by atoms with Gasteiger partial charge in [0.2, 0.25) is 0 Å². The molecule has 1 amide bonds. The van der Waals surface area contributed by atoms with E-state index in [1.165, 1.54) is 0 Å². The van der Waals surface area contributed by atoms with Crippen molar-refractivity contribution < 1.29 is 9.53 Å². The molecule has 4 rings (SSSR count). The number of ether oxygens (including phenoxy) is 1. The summed E-state index contributed by atoms with van der Waals surface area (Å²) in [6.07, 6.45) is 0. The van der Waals surface area contributed by atoms with Crippen molar-refractivity contribution in [1.29, 1.82) is 0 Å². The van der Waals surface area contributed by atoms with Crippen LogP contribution in [0, 0.1) is 13.8 Å². The summed E-state index contributed by atoms with van der Waals surface area (Å²) in [7, 11) is 0. The molecule has 0 aliphatic carbocycles. The molecule has 4 nitrogen and oxygen atoms in total. The molecular weight excluding hydrogens is 634 g/mol. The standard InChI is InChI=1S/C23H15Br2Cl3N2O2S/c1-10-18(26)11(2)20(28)22(19(10)27)32-9-17(31)30-21-13(7-12(24)8-14(21)25)23-29-15-5-3-4-6-16(15)33-23/h3-8H,9H2,1-2H3,(H,30,31). The number of amides is 1. The smallest absolute Gasteiger partial charge is 0.262 e. The average Bonchev–Trinajstić information content (AvgIpc) is 3.22. The number of rotatable bonds is 5. The number of carbonyl (C=O) groups is 1. The first-order valence-electron chi connectivity index (χ1n) is 9.58. The molecule has 0 bridgehead atoms. The van der Waals surface area contributed by atoms with Gasteiger partial charge in [-0.1, -0.05) is 62.9 Å². The minimum absolute atomic E-state index is 0.231. The lowest BCUT2D eigenvalue weighted by molar-refractivity contribution is -0.118. The van der Waals surface area contributed by atoms with Crippen LogP contribution >= 0.6 is 78.0 Å². The number of fused-ring (bicyclic) bond motifs is 1. The Morgan fingerprint density at radius 3 is 2.39 bits per heavy atom. The highest BCUT2D eigenvalue weighted by Crippen LogP contribution is 2.43. The second-order valence-electron chi connectivity index (χ2n) is 7.15. The van der Waals surface area contributed by atoms with Crippen molar-refractivity contribution in [2.24, 2.45) is 0 Å². The number of aromatic nitrogens is 1. The van der Waals surface area contributed by atoms with Crippen molar-refractivity contribution in [2.75, 3.05) is 11.9 Å². The number of para-hydroxylation sites is 1. The predicted octanol–water partition coefficient (Wildman–Crippen LogP) is 9.08. The van der Waals surface area contributed by atoms with Crippen LogP contribution in [0.25, 0.3) is 20.8 Å². The molecule has 0 aliphatic heterocycles. The zero-order valence-corrected chi connectivity index (χ0v) is 23.5. The van der Waals surface area contributed by atoms with E-state index in [2.05, 4.69) is 37.2 Å². The Hall–Kier alpha value is -1.35. The third-order valence-electron chi connectivity index (χ3n) is 4.91. The van der Waals surface area contributed by atoms with Gasteiger partial charge in [-0.25, -0.2) is 4.98 Å². The third kappa shape index (κ3) is 5.04. The first-order valence-corrected chi connectivity index (χ1v) is 13.1. The number of carbonyl (C=O) groups excluding carboxylic acids is 1. The Kier molecular flexibility index (Phi) is 7.58. The Balaban J connectivity index is 1.62. The topological polar surface area (TPSA) is 51.2 Å². The summed E-state index contributed by atoms with van der Waals surface area (Å²) in [5.74, 6) is -0.146. The van der Waals surface area contributed by atoms with E-state index in [1.807, 2.05) is 36.4 Å². The molecule has 4 aromatic rings. The van der Waals surface area contributed by atoms with E-state index >= 15 is 0 Å². The summed E-state index contributed by atoms with van der Waals surface area (Å²) in [4.78, 5) is 17.6. The van der Waals surface area contributed by atoms with Gasteiger partial charge in [0.05, 0.1) is 25.9 Å². The van der Waals surface area contributed by atoms with Crippen LogP contribution in [0.5, 0.6) is 5.75 Å². The summed E-state index contributed by atoms with van der Waals surface area (Å²) >= 11 is 27.6. The Labute approximate surface area is 226 Å². The van der Waals surface area contributed by atoms with Gasteiger partial charge in [0.25, 0.3) is 5.91 Å². The van der Waals surface area contributed by atoms with E-state index in [4.69, 9.17) is 44.5 Å². The molecule has 170 valence electrons. The number of nitrogens with one attached hydrogen (secondary N) is 1. The van der Waals surface area contributed by atoms with Gasteiger partial charge in [0.15, 0.2) is 12.4 Å². The quantitative estimate of drug-likeness (QED) is 0.235. The lowest BCUT2D eigenvalue weighted by atomic mass is 10.1. The van der Waals surface area contributed by atoms with E-state index < -0.39 is 0 Å². The molecule has 0 spiro atoms. The third-order valence-corrected chi connectivity index (χ3v) is 8.54. The molecule has 0 fully saturated rings. The molecule has 33 heavy (non-hydrogen) atoms. The zero-order chi connectivity index (χ0) is 23.9. The van der Waals surface area contributed by atoms with Crippen LogP contribution in [0.3, 0.4) is 0 Å². The van der Waals surface area contributed by atoms with E-state index in [9.17, 15) is 4.79 Å². The van der Waals surface area contributed by atoms with Crippen molar-refractivity contribution in [3.05, 3.63) is 71.5 Å². The SMILES string of the molecule is Cc1c(Cl)c(C)c(Cl)c(OCC(=O)Nc2c(Br)cc(Br)cc2-c2nc3ccccc3s2)c1Cl. The van der Waals surface area contributed by atoms with Crippen molar-refractivity contribution in [3.8, 4) is 16.3 Å². The van der Waals surface area contributed by atoms with Crippen molar-refractivity contribution >= 4 is 99.8 Å². The number of hydrogen-bond acceptors (Lipinski definition) is 4. The minimum atomic E-state index is -0.377. The van der Waals surface area contributed by atoms with Crippen LogP contribution in [0.4, 0.5) is 5.69 Å². The second-order valence-corrected chi connectivity index (χ2v) is 11.1. The number of thiazole rings is 1. The van der Waals surface area contributed by atoms with E-state index in [0.29, 0.717) is 26.3 Å². The first-order chi connectivity index (χ1) is 15.7. The predicted molar refractivity (Wildman–Crippen MR) is 146 cm³/mol. The lowest BCUT2D eigenvalue weighted by Crippen LogP contribution is -2.21. The Bertz CT molecular complexity index is 1350. The fraction of sp³-hybridized carbons (Fsp3) is 0.130. The van der Waals surface area contributed by atoms with Gasteiger partial charge in [-0.15, -0.1) is 11.3 Å². The number of benzene rings is 3. The second kappa shape index (κ2) is 10.1. The van der Waals surface area contributed by atoms with Crippen LogP contribution in [-0.4, -0.2) is 17.5 Å². The molecule has 3 aromatic carbocycles. The van der Waals surface area contributed by atoms with Crippen LogP contribution < -0.4 is 10.1 Å². The largest absolute Gasteiger partial charge is 0.481 e. The molecule has 0 unspecified atom stereocenters. The molecule has 0 saturated heterocycles. The maximum Gasteiger partial charge on any atom is 0.262 e. The van der Waals surface area contributed by atoms with Gasteiger partial charge in [-0.3, -0.25) is 4.79 Å². The molecule has 1 heterocycles. The van der Waals surface area contributed by atoms with Crippen LogP contribution in [0.2, 0.25) is 15.1 Å². The molecule has 1 aromatic heterocycles. The monoisotopic (exact) mass is 646 g/mol. The van der Waals surface area contributed by atoms with Gasteiger partial charge >= 0.3 is 0 Å². The van der Waals surface area contributed by atoms with Crippen LogP contribution in [0.15, 0.2) is 45.3 Å². The van der Waals surface area contributed by atoms with Gasteiger partial charge in [-0.05, 0) is 65.2 Å². The maximum atomic E-state index is 12.8. The normalized spacial score (nSPS) is 11.1. The maximum absolute atomic E-state index is 12.8. The Morgan fingerprint density at radius 1 is 1.06 bits per heavy atom. The molecule has 0 saturated carbocycles.